The maximum atomic E-state index is 13.1. The summed E-state index contributed by atoms with van der Waals surface area (Å²) in [6, 6.07) is 6.35. The summed E-state index contributed by atoms with van der Waals surface area (Å²) >= 11 is 0. The number of hydrogen-bond donors (Lipinski definition) is 2. The van der Waals surface area contributed by atoms with E-state index in [1.54, 1.807) is 25.1 Å². The summed E-state index contributed by atoms with van der Waals surface area (Å²) < 4.78 is 13.1. The molecule has 1 aromatic rings. The Morgan fingerprint density at radius 3 is 2.57 bits per heavy atom. The molecule has 14 heavy (non-hydrogen) atoms. The highest BCUT2D eigenvalue weighted by atomic mass is 19.1. The molecule has 0 radical (unpaired) electrons. The average Bonchev–Trinajstić information content (AvgIpc) is 2.20. The minimum atomic E-state index is -0.697. The summed E-state index contributed by atoms with van der Waals surface area (Å²) in [4.78, 5) is 0. The van der Waals surface area contributed by atoms with Crippen LogP contribution in [0.1, 0.15) is 12.5 Å². The smallest absolute Gasteiger partial charge is 0.126 e. The molecule has 0 spiro atoms. The Hall–Kier alpha value is -0.930. The van der Waals surface area contributed by atoms with Crippen LogP contribution in [0.25, 0.3) is 0 Å². The van der Waals surface area contributed by atoms with Crippen molar-refractivity contribution in [3.63, 3.8) is 0 Å². The number of aliphatic hydroxyl groups is 2. The number of rotatable bonds is 4. The first-order valence-electron chi connectivity index (χ1n) is 4.67. The van der Waals surface area contributed by atoms with Gasteiger partial charge in [0.25, 0.3) is 0 Å². The van der Waals surface area contributed by atoms with E-state index in [-0.39, 0.29) is 24.8 Å². The molecule has 0 aliphatic heterocycles. The normalized spacial score (nSPS) is 15.1. The molecule has 78 valence electrons. The molecule has 0 heterocycles. The molecular weight excluding hydrogens is 183 g/mol. The fourth-order valence-corrected chi connectivity index (χ4v) is 1.21. The van der Waals surface area contributed by atoms with Crippen LogP contribution < -0.4 is 0 Å². The lowest BCUT2D eigenvalue weighted by Crippen LogP contribution is -2.23. The SMILES string of the molecule is CC(CO)C(O)Cc1ccccc1F. The molecule has 1 aromatic carbocycles. The number of hydrogen-bond acceptors (Lipinski definition) is 2. The van der Waals surface area contributed by atoms with Gasteiger partial charge in [0.2, 0.25) is 0 Å². The van der Waals surface area contributed by atoms with Crippen molar-refractivity contribution in [1.82, 2.24) is 0 Å². The Balaban J connectivity index is 2.64. The molecule has 0 bridgehead atoms. The highest BCUT2D eigenvalue weighted by Gasteiger charge is 2.15. The third-order valence-corrected chi connectivity index (χ3v) is 2.33. The molecule has 0 aliphatic rings. The summed E-state index contributed by atoms with van der Waals surface area (Å²) in [5, 5.41) is 18.4. The van der Waals surface area contributed by atoms with Crippen LogP contribution in [-0.4, -0.2) is 22.9 Å². The maximum Gasteiger partial charge on any atom is 0.126 e. The molecule has 0 fully saturated rings. The monoisotopic (exact) mass is 198 g/mol. The van der Waals surface area contributed by atoms with Crippen LogP contribution in [0.15, 0.2) is 24.3 Å². The highest BCUT2D eigenvalue weighted by molar-refractivity contribution is 5.18. The van der Waals surface area contributed by atoms with Crippen molar-refractivity contribution in [3.8, 4) is 0 Å². The molecule has 1 rings (SSSR count). The van der Waals surface area contributed by atoms with Crippen LogP contribution >= 0.6 is 0 Å². The van der Waals surface area contributed by atoms with E-state index in [9.17, 15) is 9.50 Å². The van der Waals surface area contributed by atoms with Crippen molar-refractivity contribution >= 4 is 0 Å². The Bertz CT molecular complexity index is 288. The summed E-state index contributed by atoms with van der Waals surface area (Å²) in [7, 11) is 0. The van der Waals surface area contributed by atoms with Crippen molar-refractivity contribution in [2.24, 2.45) is 5.92 Å². The van der Waals surface area contributed by atoms with Gasteiger partial charge in [-0.1, -0.05) is 25.1 Å². The zero-order valence-electron chi connectivity index (χ0n) is 8.15. The van der Waals surface area contributed by atoms with E-state index >= 15 is 0 Å². The molecular formula is C11H15FO2. The van der Waals surface area contributed by atoms with Gasteiger partial charge in [-0.3, -0.25) is 0 Å². The van der Waals surface area contributed by atoms with Crippen molar-refractivity contribution in [2.45, 2.75) is 19.4 Å². The van der Waals surface area contributed by atoms with Gasteiger partial charge in [-0.05, 0) is 11.6 Å². The second-order valence-corrected chi connectivity index (χ2v) is 3.52. The summed E-state index contributed by atoms with van der Waals surface area (Å²) in [6.07, 6.45) is -0.453. The summed E-state index contributed by atoms with van der Waals surface area (Å²) in [6.45, 7) is 1.64. The number of halogens is 1. The van der Waals surface area contributed by atoms with Crippen LogP contribution in [0.2, 0.25) is 0 Å². The van der Waals surface area contributed by atoms with Crippen molar-refractivity contribution in [3.05, 3.63) is 35.6 Å². The first-order chi connectivity index (χ1) is 6.65. The largest absolute Gasteiger partial charge is 0.396 e. The lowest BCUT2D eigenvalue weighted by molar-refractivity contribution is 0.0768. The van der Waals surface area contributed by atoms with Gasteiger partial charge in [0.15, 0.2) is 0 Å². The van der Waals surface area contributed by atoms with Crippen molar-refractivity contribution < 1.29 is 14.6 Å². The molecule has 0 aliphatic carbocycles. The van der Waals surface area contributed by atoms with E-state index in [0.29, 0.717) is 5.56 Å². The van der Waals surface area contributed by atoms with E-state index in [2.05, 4.69) is 0 Å². The fraction of sp³-hybridized carbons (Fsp3) is 0.455. The maximum absolute atomic E-state index is 13.1. The lowest BCUT2D eigenvalue weighted by atomic mass is 9.98. The van der Waals surface area contributed by atoms with E-state index in [4.69, 9.17) is 5.11 Å². The van der Waals surface area contributed by atoms with Gasteiger partial charge >= 0.3 is 0 Å². The molecule has 0 saturated carbocycles. The van der Waals surface area contributed by atoms with Crippen LogP contribution in [-0.2, 0) is 6.42 Å². The first-order valence-corrected chi connectivity index (χ1v) is 4.67. The Labute approximate surface area is 83.0 Å². The standard InChI is InChI=1S/C11H15FO2/c1-8(7-13)11(14)6-9-4-2-3-5-10(9)12/h2-5,8,11,13-14H,6-7H2,1H3. The predicted molar refractivity (Wildman–Crippen MR) is 52.4 cm³/mol. The quantitative estimate of drug-likeness (QED) is 0.766. The van der Waals surface area contributed by atoms with Gasteiger partial charge < -0.3 is 10.2 Å². The van der Waals surface area contributed by atoms with Gasteiger partial charge in [-0.2, -0.15) is 0 Å². The zero-order chi connectivity index (χ0) is 10.6. The minimum absolute atomic E-state index is 0.0877. The Morgan fingerprint density at radius 1 is 1.36 bits per heavy atom. The molecule has 2 unspecified atom stereocenters. The van der Waals surface area contributed by atoms with Crippen LogP contribution in [0.3, 0.4) is 0 Å². The van der Waals surface area contributed by atoms with Crippen LogP contribution in [0.5, 0.6) is 0 Å². The van der Waals surface area contributed by atoms with Crippen molar-refractivity contribution in [1.29, 1.82) is 0 Å². The van der Waals surface area contributed by atoms with Gasteiger partial charge in [0.1, 0.15) is 5.82 Å². The van der Waals surface area contributed by atoms with Gasteiger partial charge in [-0.15, -0.1) is 0 Å². The molecule has 2 N–H and O–H groups in total. The minimum Gasteiger partial charge on any atom is -0.396 e. The molecule has 0 amide bonds. The molecule has 3 heteroatoms. The van der Waals surface area contributed by atoms with Gasteiger partial charge in [0, 0.05) is 18.9 Å². The van der Waals surface area contributed by atoms with Crippen LogP contribution in [0, 0.1) is 11.7 Å². The van der Waals surface area contributed by atoms with E-state index in [1.165, 1.54) is 6.07 Å². The summed E-state index contributed by atoms with van der Waals surface area (Å²) in [5.74, 6) is -0.536. The zero-order valence-corrected chi connectivity index (χ0v) is 8.15. The van der Waals surface area contributed by atoms with E-state index < -0.39 is 6.10 Å². The fourth-order valence-electron chi connectivity index (χ4n) is 1.21. The molecule has 2 atom stereocenters. The molecule has 0 aromatic heterocycles. The Morgan fingerprint density at radius 2 is 2.00 bits per heavy atom. The van der Waals surface area contributed by atoms with Crippen LogP contribution in [0.4, 0.5) is 4.39 Å². The second-order valence-electron chi connectivity index (χ2n) is 3.52. The lowest BCUT2D eigenvalue weighted by Gasteiger charge is -2.16. The molecule has 0 saturated heterocycles. The third-order valence-electron chi connectivity index (χ3n) is 2.33. The number of benzene rings is 1. The topological polar surface area (TPSA) is 40.5 Å². The first kappa shape index (κ1) is 11.1. The van der Waals surface area contributed by atoms with Gasteiger partial charge in [-0.25, -0.2) is 4.39 Å². The van der Waals surface area contributed by atoms with Crippen molar-refractivity contribution in [2.75, 3.05) is 6.61 Å². The van der Waals surface area contributed by atoms with E-state index in [1.807, 2.05) is 0 Å². The highest BCUT2D eigenvalue weighted by Crippen LogP contribution is 2.13. The molecule has 2 nitrogen and oxygen atoms in total. The third kappa shape index (κ3) is 2.79. The number of aliphatic hydroxyl groups excluding tert-OH is 2. The predicted octanol–water partition coefficient (Wildman–Crippen LogP) is 1.36. The van der Waals surface area contributed by atoms with E-state index in [0.717, 1.165) is 0 Å². The average molecular weight is 198 g/mol. The Kier molecular flexibility index (Phi) is 4.04. The summed E-state index contributed by atoms with van der Waals surface area (Å²) in [5.41, 5.74) is 0.486. The van der Waals surface area contributed by atoms with Gasteiger partial charge in [0.05, 0.1) is 6.10 Å². The second kappa shape index (κ2) is 5.08.